The Bertz CT molecular complexity index is 4900. The predicted molar refractivity (Wildman–Crippen MR) is 604 cm³/mol. The van der Waals surface area contributed by atoms with Crippen LogP contribution in [-0.4, -0.2) is 140 Å². The van der Waals surface area contributed by atoms with Gasteiger partial charge in [0.25, 0.3) is 33.3 Å². The lowest BCUT2D eigenvalue weighted by atomic mass is 10.1. The standard InChI is InChI=1S/2C17H20Si.2C14H14OSi.2C14H16OSi.2C8H20OSi.2C4H12OSi/c2*1-17(2,3)18(4)15-11-7-5-9-13(15)14-10-6-8-12-16(14)18;2*1-15-16(2)13-9-5-3-7-11(13)12-8-4-6-10-14(12)16;2*1-15-16(2,13-9-5-3-6-10-13)14-11-7-4-8-12-14;2*1-7(2)10(6,9-5)8(3)4;2*1-5-6(2,3)4/h2*5-12H,1-4H3;2*3-10H,1-2H3;2*3-12H,1-2H3;2*7-8H,1-6H3;2*1-4H3. The van der Waals surface area contributed by atoms with Gasteiger partial charge in [0.15, 0.2) is 33.3 Å². The summed E-state index contributed by atoms with van der Waals surface area (Å²) < 4.78 is 44.8. The van der Waals surface area contributed by atoms with Crippen LogP contribution < -0.4 is 62.2 Å². The van der Waals surface area contributed by atoms with E-state index in [9.17, 15) is 0 Å². The molecule has 0 radical (unpaired) electrons. The van der Waals surface area contributed by atoms with E-state index in [1.807, 2.05) is 66.9 Å². The fourth-order valence-corrected chi connectivity index (χ4v) is 42.0. The van der Waals surface area contributed by atoms with Gasteiger partial charge >= 0.3 is 0 Å². The molecule has 0 spiro atoms. The van der Waals surface area contributed by atoms with E-state index in [0.29, 0.717) is 10.1 Å². The third-order valence-corrected chi connectivity index (χ3v) is 69.7. The summed E-state index contributed by atoms with van der Waals surface area (Å²) in [5.74, 6) is 0. The first kappa shape index (κ1) is 111. The van der Waals surface area contributed by atoms with Gasteiger partial charge in [0, 0.05) is 56.9 Å². The van der Waals surface area contributed by atoms with Crippen molar-refractivity contribution in [2.24, 2.45) is 0 Å². The van der Waals surface area contributed by atoms with E-state index in [1.54, 1.807) is 35.0 Å². The van der Waals surface area contributed by atoms with Gasteiger partial charge in [-0.3, -0.25) is 0 Å². The van der Waals surface area contributed by atoms with Crippen LogP contribution in [0.2, 0.25) is 124 Å². The summed E-state index contributed by atoms with van der Waals surface area (Å²) in [5, 5.41) is 18.0. The van der Waals surface area contributed by atoms with Gasteiger partial charge < -0.3 is 35.4 Å². The molecule has 0 saturated carbocycles. The second kappa shape index (κ2) is 48.0. The highest BCUT2D eigenvalue weighted by Crippen LogP contribution is 2.44. The Morgan fingerprint density at radius 3 is 0.470 bits per heavy atom. The molecular weight excluding hydrogens is 1780 g/mol. The van der Waals surface area contributed by atoms with Crippen LogP contribution in [0.3, 0.4) is 0 Å². The van der Waals surface area contributed by atoms with E-state index < -0.39 is 82.7 Å². The van der Waals surface area contributed by atoms with Gasteiger partial charge in [0.2, 0.25) is 0 Å². The highest BCUT2D eigenvalue weighted by Gasteiger charge is 2.52. The fourth-order valence-electron chi connectivity index (χ4n) is 17.9. The predicted octanol–water partition coefficient (Wildman–Crippen LogP) is 24.4. The summed E-state index contributed by atoms with van der Waals surface area (Å²) in [5.41, 5.74) is 14.2. The van der Waals surface area contributed by atoms with Crippen LogP contribution >= 0.6 is 0 Å². The molecule has 0 saturated heterocycles. The van der Waals surface area contributed by atoms with Gasteiger partial charge in [-0.25, -0.2) is 0 Å². The van der Waals surface area contributed by atoms with Gasteiger partial charge in [-0.15, -0.1) is 0 Å². The molecule has 12 aromatic carbocycles. The molecule has 0 unspecified atom stereocenters. The van der Waals surface area contributed by atoms with E-state index >= 15 is 0 Å². The van der Waals surface area contributed by atoms with Crippen LogP contribution in [0, 0.1) is 0 Å². The topological polar surface area (TPSA) is 73.8 Å². The molecule has 0 N–H and O–H groups in total. The van der Waals surface area contributed by atoms with E-state index in [2.05, 4.69) is 480 Å². The molecule has 4 aliphatic rings. The lowest BCUT2D eigenvalue weighted by molar-refractivity contribution is 0.378. The molecule has 0 amide bonds. The van der Waals surface area contributed by atoms with Crippen LogP contribution in [0.1, 0.15) is 96.9 Å². The zero-order chi connectivity index (χ0) is 98.3. The third-order valence-electron chi connectivity index (χ3n) is 29.4. The van der Waals surface area contributed by atoms with Crippen molar-refractivity contribution in [1.82, 2.24) is 0 Å². The molecule has 8 nitrogen and oxygen atoms in total. The lowest BCUT2D eigenvalue weighted by Gasteiger charge is -2.38. The Balaban J connectivity index is 0.000000204. The van der Waals surface area contributed by atoms with Gasteiger partial charge in [0.05, 0.1) is 0 Å². The number of hydrogen-bond acceptors (Lipinski definition) is 8. The van der Waals surface area contributed by atoms with E-state index in [1.165, 1.54) is 86.0 Å². The molecule has 16 rings (SSSR count). The van der Waals surface area contributed by atoms with Crippen molar-refractivity contribution in [3.8, 4) is 44.5 Å². The summed E-state index contributed by atoms with van der Waals surface area (Å²) in [6.07, 6.45) is 0. The number of rotatable bonds is 16. The molecule has 0 atom stereocenters. The van der Waals surface area contributed by atoms with Crippen LogP contribution in [-0.2, 0) is 35.4 Å². The summed E-state index contributed by atoms with van der Waals surface area (Å²) in [7, 11) is -1.48. The number of benzene rings is 12. The van der Waals surface area contributed by atoms with Crippen molar-refractivity contribution >= 4 is 145 Å². The minimum absolute atomic E-state index is 0.343. The Morgan fingerprint density at radius 2 is 0.348 bits per heavy atom. The molecule has 0 fully saturated rings. The lowest BCUT2D eigenvalue weighted by Crippen LogP contribution is -2.59. The SMILES string of the molecule is CC(C)(C)[Si]1(C)c2ccccc2-c2ccccc21.CC(C)(C)[Si]1(C)c2ccccc2-c2ccccc21.CO[Si](C)(C(C)C)C(C)C.CO[Si](C)(C(C)C)C(C)C.CO[Si](C)(C)C.CO[Si](C)(C)C.CO[Si](C)(c1ccccc1)c1ccccc1.CO[Si](C)(c1ccccc1)c1ccccc1.CO[Si]1(C)c2ccccc2-c2ccccc21.CO[Si]1(C)c2ccccc2-c2ccccc21. The number of hydrogen-bond donors (Lipinski definition) is 0. The molecule has 4 heterocycles. The molecule has 132 heavy (non-hydrogen) atoms. The highest BCUT2D eigenvalue weighted by molar-refractivity contribution is 7.07. The van der Waals surface area contributed by atoms with Crippen molar-refractivity contribution in [3.63, 3.8) is 0 Å². The smallest absolute Gasteiger partial charge is 0.253 e. The first-order valence-electron chi connectivity index (χ1n) is 47.4. The van der Waals surface area contributed by atoms with E-state index in [-0.39, 0.29) is 0 Å². The van der Waals surface area contributed by atoms with Gasteiger partial charge in [-0.1, -0.05) is 425 Å². The molecule has 0 bridgehead atoms. The molecular formula is C114H164O8Si10. The first-order chi connectivity index (χ1) is 62.0. The van der Waals surface area contributed by atoms with Crippen LogP contribution in [0.5, 0.6) is 0 Å². The third kappa shape index (κ3) is 25.5. The Kier molecular flexibility index (Phi) is 40.5. The Morgan fingerprint density at radius 1 is 0.205 bits per heavy atom. The van der Waals surface area contributed by atoms with E-state index in [0.717, 1.165) is 22.2 Å². The van der Waals surface area contributed by atoms with Crippen molar-refractivity contribution in [3.05, 3.63) is 315 Å². The average Bonchev–Trinajstić information content (AvgIpc) is 1.56. The minimum Gasteiger partial charge on any atom is -0.421 e. The van der Waals surface area contributed by atoms with E-state index in [4.69, 9.17) is 35.4 Å². The molecule has 0 aliphatic carbocycles. The fraction of sp³-hybridized carbons (Fsp3) is 0.368. The summed E-state index contributed by atoms with van der Waals surface area (Å²) in [4.78, 5) is 0. The van der Waals surface area contributed by atoms with Crippen LogP contribution in [0.15, 0.2) is 315 Å². The maximum absolute atomic E-state index is 5.89. The average molecular weight is 1940 g/mol. The maximum Gasteiger partial charge on any atom is 0.253 e. The summed E-state index contributed by atoms with van der Waals surface area (Å²) in [6, 6.07) is 112. The van der Waals surface area contributed by atoms with Crippen molar-refractivity contribution in [1.29, 1.82) is 0 Å². The molecule has 12 aromatic rings. The largest absolute Gasteiger partial charge is 0.421 e. The van der Waals surface area contributed by atoms with Crippen molar-refractivity contribution in [2.75, 3.05) is 56.9 Å². The van der Waals surface area contributed by atoms with Crippen molar-refractivity contribution < 1.29 is 35.4 Å². The summed E-state index contributed by atoms with van der Waals surface area (Å²) >= 11 is 0. The zero-order valence-electron chi connectivity index (χ0n) is 87.6. The van der Waals surface area contributed by atoms with Crippen LogP contribution in [0.4, 0.5) is 0 Å². The van der Waals surface area contributed by atoms with Gasteiger partial charge in [-0.05, 0) is 218 Å². The Hall–Kier alpha value is -7.51. The maximum atomic E-state index is 5.89. The van der Waals surface area contributed by atoms with Gasteiger partial charge in [0.1, 0.15) is 16.1 Å². The zero-order valence-corrected chi connectivity index (χ0v) is 97.6. The normalized spacial score (nSPS) is 14.1. The Labute approximate surface area is 811 Å². The second-order valence-electron chi connectivity index (χ2n) is 41.6. The highest BCUT2D eigenvalue weighted by atomic mass is 28.4. The second-order valence-corrected chi connectivity index (χ2v) is 85.0. The monoisotopic (exact) mass is 1940 g/mol. The quantitative estimate of drug-likeness (QED) is 0.0886. The van der Waals surface area contributed by atoms with Crippen molar-refractivity contribution in [2.45, 2.75) is 221 Å². The van der Waals surface area contributed by atoms with Crippen LogP contribution in [0.25, 0.3) is 44.5 Å². The first-order valence-corrected chi connectivity index (χ1v) is 74.0. The van der Waals surface area contributed by atoms with Gasteiger partial charge in [-0.2, -0.15) is 0 Å². The molecule has 4 aliphatic heterocycles. The molecule has 0 aromatic heterocycles. The molecule has 18 heteroatoms. The minimum atomic E-state index is -1.98. The number of fused-ring (bicyclic) bond motifs is 12. The molecule has 708 valence electrons. The summed E-state index contributed by atoms with van der Waals surface area (Å²) in [6.45, 7) is 64.1.